The number of thiophene rings is 1. The third-order valence-corrected chi connectivity index (χ3v) is 6.60. The summed E-state index contributed by atoms with van der Waals surface area (Å²) in [5, 5.41) is 1.85. The van der Waals surface area contributed by atoms with Gasteiger partial charge in [-0.25, -0.2) is 8.42 Å². The van der Waals surface area contributed by atoms with Crippen LogP contribution in [0.4, 0.5) is 0 Å². The molecular weight excluding hydrogens is 268 g/mol. The Hall–Kier alpha value is -0.430. The highest BCUT2D eigenvalue weighted by Gasteiger charge is 2.29. The molecule has 1 aromatic rings. The fourth-order valence-corrected chi connectivity index (χ4v) is 5.00. The Bertz CT molecular complexity index is 494. The second-order valence-electron chi connectivity index (χ2n) is 4.53. The molecule has 18 heavy (non-hydrogen) atoms. The molecule has 0 fully saturated rings. The lowest BCUT2D eigenvalue weighted by molar-refractivity contribution is 0.368. The number of nitrogens with zero attached hydrogens (tertiary/aromatic N) is 1. The van der Waals surface area contributed by atoms with Crippen LogP contribution < -0.4 is 5.73 Å². The van der Waals surface area contributed by atoms with Gasteiger partial charge in [-0.3, -0.25) is 0 Å². The number of aryl methyl sites for hydroxylation is 1. The summed E-state index contributed by atoms with van der Waals surface area (Å²) in [7, 11) is -1.78. The van der Waals surface area contributed by atoms with Crippen molar-refractivity contribution in [2.24, 2.45) is 5.73 Å². The highest BCUT2D eigenvalue weighted by molar-refractivity contribution is 7.89. The molecule has 1 rings (SSSR count). The fraction of sp³-hybridized carbons (Fsp3) is 0.667. The van der Waals surface area contributed by atoms with Gasteiger partial charge >= 0.3 is 0 Å². The number of sulfonamides is 1. The molecule has 1 aromatic heterocycles. The summed E-state index contributed by atoms with van der Waals surface area (Å²) in [6.45, 7) is 6.08. The first-order chi connectivity index (χ1) is 8.36. The molecule has 2 N–H and O–H groups in total. The van der Waals surface area contributed by atoms with Crippen molar-refractivity contribution in [3.63, 3.8) is 0 Å². The second-order valence-corrected chi connectivity index (χ2v) is 7.43. The average Bonchev–Trinajstić information content (AvgIpc) is 2.70. The Kier molecular flexibility index (Phi) is 5.33. The molecular formula is C12H22N2O2S2. The predicted molar refractivity (Wildman–Crippen MR) is 76.3 cm³/mol. The summed E-state index contributed by atoms with van der Waals surface area (Å²) in [6, 6.07) is 0.00456. The van der Waals surface area contributed by atoms with Crippen molar-refractivity contribution >= 4 is 21.4 Å². The Morgan fingerprint density at radius 1 is 1.50 bits per heavy atom. The number of nitrogens with two attached hydrogens (primary N) is 1. The summed E-state index contributed by atoms with van der Waals surface area (Å²) in [5.41, 5.74) is 6.41. The van der Waals surface area contributed by atoms with Crippen molar-refractivity contribution in [2.75, 3.05) is 7.05 Å². The fourth-order valence-electron chi connectivity index (χ4n) is 1.96. The second kappa shape index (κ2) is 6.14. The summed E-state index contributed by atoms with van der Waals surface area (Å²) in [5.74, 6) is 0. The van der Waals surface area contributed by atoms with Crippen molar-refractivity contribution < 1.29 is 8.42 Å². The van der Waals surface area contributed by atoms with E-state index < -0.39 is 10.0 Å². The first-order valence-corrected chi connectivity index (χ1v) is 8.43. The number of hydrogen-bond donors (Lipinski definition) is 1. The van der Waals surface area contributed by atoms with Crippen LogP contribution in [0.5, 0.6) is 0 Å². The van der Waals surface area contributed by atoms with Gasteiger partial charge in [0.2, 0.25) is 10.0 Å². The lowest BCUT2D eigenvalue weighted by Crippen LogP contribution is -2.35. The Labute approximate surface area is 114 Å². The molecule has 0 amide bonds. The van der Waals surface area contributed by atoms with E-state index in [4.69, 9.17) is 5.73 Å². The van der Waals surface area contributed by atoms with E-state index in [1.807, 2.05) is 19.2 Å². The highest BCUT2D eigenvalue weighted by atomic mass is 32.2. The summed E-state index contributed by atoms with van der Waals surface area (Å²) in [6.07, 6.45) is 1.82. The zero-order valence-corrected chi connectivity index (χ0v) is 13.1. The predicted octanol–water partition coefficient (Wildman–Crippen LogP) is 2.32. The molecule has 0 bridgehead atoms. The third kappa shape index (κ3) is 2.93. The van der Waals surface area contributed by atoms with Crippen molar-refractivity contribution in [3.8, 4) is 0 Å². The molecule has 0 aliphatic carbocycles. The van der Waals surface area contributed by atoms with E-state index in [0.717, 1.165) is 23.3 Å². The van der Waals surface area contributed by atoms with E-state index in [0.29, 0.717) is 4.90 Å². The van der Waals surface area contributed by atoms with Gasteiger partial charge in [0.15, 0.2) is 0 Å². The lowest BCUT2D eigenvalue weighted by atomic mass is 10.2. The lowest BCUT2D eigenvalue weighted by Gasteiger charge is -2.24. The van der Waals surface area contributed by atoms with Crippen LogP contribution in [0.2, 0.25) is 0 Å². The number of rotatable bonds is 6. The van der Waals surface area contributed by atoms with Gasteiger partial charge in [0, 0.05) is 24.5 Å². The minimum absolute atomic E-state index is 0.00456. The minimum atomic E-state index is -3.43. The summed E-state index contributed by atoms with van der Waals surface area (Å²) < 4.78 is 26.6. The van der Waals surface area contributed by atoms with Gasteiger partial charge in [0.1, 0.15) is 4.90 Å². The Morgan fingerprint density at radius 3 is 2.61 bits per heavy atom. The van der Waals surface area contributed by atoms with E-state index in [9.17, 15) is 8.42 Å². The van der Waals surface area contributed by atoms with Crippen LogP contribution in [0.15, 0.2) is 10.3 Å². The van der Waals surface area contributed by atoms with Crippen LogP contribution in [0.1, 0.15) is 37.1 Å². The molecule has 0 radical (unpaired) electrons. The first kappa shape index (κ1) is 15.6. The standard InChI is InChI=1S/C12H22N2O2S2/c1-5-6-10(3)14(4)18(15,16)12-9(2)8-17-11(12)7-13/h8,10H,5-7,13H2,1-4H3. The molecule has 1 atom stereocenters. The monoisotopic (exact) mass is 290 g/mol. The van der Waals surface area contributed by atoms with Gasteiger partial charge in [-0.1, -0.05) is 13.3 Å². The van der Waals surface area contributed by atoms with Crippen LogP contribution in [0.25, 0.3) is 0 Å². The van der Waals surface area contributed by atoms with Crippen LogP contribution in [0, 0.1) is 6.92 Å². The summed E-state index contributed by atoms with van der Waals surface area (Å²) in [4.78, 5) is 1.14. The van der Waals surface area contributed by atoms with Crippen LogP contribution in [-0.4, -0.2) is 25.8 Å². The third-order valence-electron chi connectivity index (χ3n) is 3.14. The molecule has 6 heteroatoms. The van der Waals surface area contributed by atoms with E-state index in [2.05, 4.69) is 6.92 Å². The van der Waals surface area contributed by atoms with Gasteiger partial charge < -0.3 is 5.73 Å². The maximum atomic E-state index is 12.6. The molecule has 0 aliphatic heterocycles. The molecule has 104 valence electrons. The first-order valence-electron chi connectivity index (χ1n) is 6.11. The summed E-state index contributed by atoms with van der Waals surface area (Å²) >= 11 is 1.41. The van der Waals surface area contributed by atoms with Gasteiger partial charge in [0.25, 0.3) is 0 Å². The Morgan fingerprint density at radius 2 is 2.11 bits per heavy atom. The topological polar surface area (TPSA) is 63.4 Å². The van der Waals surface area contributed by atoms with Crippen molar-refractivity contribution in [1.82, 2.24) is 4.31 Å². The number of hydrogen-bond acceptors (Lipinski definition) is 4. The quantitative estimate of drug-likeness (QED) is 0.874. The highest BCUT2D eigenvalue weighted by Crippen LogP contribution is 2.29. The Balaban J connectivity index is 3.17. The molecule has 1 unspecified atom stereocenters. The van der Waals surface area contributed by atoms with Gasteiger partial charge in [0.05, 0.1) is 0 Å². The molecule has 0 aliphatic rings. The normalized spacial score (nSPS) is 14.1. The maximum absolute atomic E-state index is 12.6. The zero-order valence-electron chi connectivity index (χ0n) is 11.4. The molecule has 0 spiro atoms. The smallest absolute Gasteiger partial charge is 0.244 e. The maximum Gasteiger partial charge on any atom is 0.244 e. The van der Waals surface area contributed by atoms with Crippen LogP contribution in [-0.2, 0) is 16.6 Å². The van der Waals surface area contributed by atoms with Gasteiger partial charge in [-0.2, -0.15) is 4.31 Å². The van der Waals surface area contributed by atoms with Crippen LogP contribution >= 0.6 is 11.3 Å². The SMILES string of the molecule is CCCC(C)N(C)S(=O)(=O)c1c(C)csc1CN. The molecule has 1 heterocycles. The van der Waals surface area contributed by atoms with Crippen molar-refractivity contribution in [1.29, 1.82) is 0 Å². The van der Waals surface area contributed by atoms with Crippen LogP contribution in [0.3, 0.4) is 0 Å². The van der Waals surface area contributed by atoms with Gasteiger partial charge in [-0.05, 0) is 31.2 Å². The molecule has 4 nitrogen and oxygen atoms in total. The molecule has 0 aromatic carbocycles. The largest absolute Gasteiger partial charge is 0.326 e. The zero-order chi connectivity index (χ0) is 13.9. The molecule has 0 saturated carbocycles. The molecule has 0 saturated heterocycles. The van der Waals surface area contributed by atoms with Crippen molar-refractivity contribution in [3.05, 3.63) is 15.8 Å². The average molecular weight is 290 g/mol. The van der Waals surface area contributed by atoms with E-state index in [1.54, 1.807) is 7.05 Å². The minimum Gasteiger partial charge on any atom is -0.326 e. The van der Waals surface area contributed by atoms with E-state index in [1.165, 1.54) is 15.6 Å². The van der Waals surface area contributed by atoms with E-state index in [-0.39, 0.29) is 12.6 Å². The van der Waals surface area contributed by atoms with Crippen molar-refractivity contribution in [2.45, 2.75) is 51.1 Å². The van der Waals surface area contributed by atoms with Gasteiger partial charge in [-0.15, -0.1) is 11.3 Å². The van der Waals surface area contributed by atoms with E-state index >= 15 is 0 Å².